The average Bonchev–Trinajstić information content (AvgIpc) is 1.80. The summed E-state index contributed by atoms with van der Waals surface area (Å²) in [4.78, 5) is 38.2. The summed E-state index contributed by atoms with van der Waals surface area (Å²) in [5.41, 5.74) is 0. The van der Waals surface area contributed by atoms with Gasteiger partial charge < -0.3 is 27.9 Å². The average molecular weight is 1350 g/mol. The van der Waals surface area contributed by atoms with Crippen LogP contribution in [0.15, 0.2) is 109 Å². The topological polar surface area (TPSA) is 111 Å². The van der Waals surface area contributed by atoms with Crippen LogP contribution < -0.4 is 4.89 Å². The Morgan fingerprint density at radius 2 is 0.600 bits per heavy atom. The molecule has 2 atom stereocenters. The predicted octanol–water partition coefficient (Wildman–Crippen LogP) is 26.2. The predicted molar refractivity (Wildman–Crippen MR) is 411 cm³/mol. The fourth-order valence-electron chi connectivity index (χ4n) is 11.5. The second-order valence-corrected chi connectivity index (χ2v) is 29.5. The van der Waals surface area contributed by atoms with E-state index in [4.69, 9.17) is 18.5 Å². The lowest BCUT2D eigenvalue weighted by Crippen LogP contribution is -2.37. The molecule has 0 aliphatic rings. The minimum Gasteiger partial charge on any atom is -0.756 e. The summed E-state index contributed by atoms with van der Waals surface area (Å²) < 4.78 is 34.4. The highest BCUT2D eigenvalue weighted by Gasteiger charge is 2.22. The highest BCUT2D eigenvalue weighted by Crippen LogP contribution is 2.38. The number of likely N-dealkylation sites (N-methyl/N-ethyl adjacent to an activating group) is 1. The quantitative estimate of drug-likeness (QED) is 0.0195. The summed E-state index contributed by atoms with van der Waals surface area (Å²) in [5, 5.41) is 0. The van der Waals surface area contributed by atoms with Gasteiger partial charge in [-0.1, -0.05) is 380 Å². The van der Waals surface area contributed by atoms with Crippen molar-refractivity contribution in [1.82, 2.24) is 0 Å². The van der Waals surface area contributed by atoms with Crippen LogP contribution in [0.5, 0.6) is 0 Å². The number of phosphoric acid groups is 1. The Morgan fingerprint density at radius 1 is 0.337 bits per heavy atom. The first kappa shape index (κ1) is 91.7. The molecule has 0 saturated heterocycles. The van der Waals surface area contributed by atoms with Crippen LogP contribution >= 0.6 is 7.82 Å². The lowest BCUT2D eigenvalue weighted by Gasteiger charge is -2.28. The summed E-state index contributed by atoms with van der Waals surface area (Å²) in [6, 6.07) is 0. The van der Waals surface area contributed by atoms with Crippen LogP contribution in [-0.4, -0.2) is 70.0 Å². The molecule has 0 rings (SSSR count). The third-order valence-electron chi connectivity index (χ3n) is 17.6. The second-order valence-electron chi connectivity index (χ2n) is 28.1. The standard InChI is InChI=1S/C85H152NO8P/c1-6-8-10-12-14-16-18-20-22-24-26-28-30-32-34-36-38-40-41-42-43-44-46-47-49-51-53-55-57-59-61-63-65-67-69-71-73-75-77-84(87)91-81-83(82-93-95(89,90)92-80-79-86(3,4)5)94-85(88)78-76-74-72-70-68-66-64-62-60-58-56-54-52-50-48-45-39-37-35-33-31-29-27-25-23-21-19-17-15-13-11-9-7-2/h9,11,15,17,21,23,27,29,33,35,39,45,50,52,56,58,62,64,83H,6-8,10,12-14,16,18-20,22,24-26,28,30-32,34,36-38,40-44,46-49,51,53-55,57,59-61,63,65-82H2,1-5H3/b11-9-,17-15-,23-21-,29-27-,35-33-,45-39-,52-50-,58-56-,64-62-. The van der Waals surface area contributed by atoms with Crippen LogP contribution in [0.2, 0.25) is 0 Å². The molecule has 0 aliphatic heterocycles. The van der Waals surface area contributed by atoms with Crippen molar-refractivity contribution in [2.24, 2.45) is 0 Å². The molecule has 0 aromatic carbocycles. The highest BCUT2D eigenvalue weighted by molar-refractivity contribution is 7.45. The zero-order chi connectivity index (χ0) is 69.0. The maximum Gasteiger partial charge on any atom is 0.306 e. The van der Waals surface area contributed by atoms with Gasteiger partial charge in [-0.15, -0.1) is 0 Å². The molecule has 0 amide bonds. The molecule has 95 heavy (non-hydrogen) atoms. The van der Waals surface area contributed by atoms with E-state index < -0.39 is 26.5 Å². The number of ether oxygens (including phenoxy) is 2. The van der Waals surface area contributed by atoms with Crippen LogP contribution in [0.4, 0.5) is 0 Å². The SMILES string of the molecule is CC/C=C\C/C=C\C/C=C\C/C=C\C/C=C\C/C=C\C/C=C\C/C=C\C/C=C\CCCCCCCC(=O)OC(COC(=O)CCCCCCCCCCCCCCCCCCCCCCCCCCCCCCCCCCCCCCCC)COP(=O)([O-])OCC[N+](C)(C)C. The maximum absolute atomic E-state index is 12.9. The zero-order valence-corrected chi connectivity index (χ0v) is 63.7. The van der Waals surface area contributed by atoms with E-state index in [-0.39, 0.29) is 32.0 Å². The Bertz CT molecular complexity index is 1970. The Labute approximate surface area is 588 Å². The third-order valence-corrected chi connectivity index (χ3v) is 18.5. The number of rotatable bonds is 74. The number of allylic oxidation sites excluding steroid dienone is 18. The molecule has 0 saturated carbocycles. The molecule has 550 valence electrons. The van der Waals surface area contributed by atoms with Crippen LogP contribution in [0.3, 0.4) is 0 Å². The molecule has 0 aromatic heterocycles. The van der Waals surface area contributed by atoms with E-state index in [1.54, 1.807) is 0 Å². The first-order valence-corrected chi connectivity index (χ1v) is 41.6. The molecule has 0 bridgehead atoms. The van der Waals surface area contributed by atoms with E-state index in [0.29, 0.717) is 17.4 Å². The molecule has 9 nitrogen and oxygen atoms in total. The van der Waals surface area contributed by atoms with Gasteiger partial charge in [0.25, 0.3) is 7.82 Å². The van der Waals surface area contributed by atoms with Crippen molar-refractivity contribution in [1.29, 1.82) is 0 Å². The van der Waals surface area contributed by atoms with E-state index in [0.717, 1.165) is 109 Å². The van der Waals surface area contributed by atoms with E-state index in [1.165, 1.54) is 225 Å². The van der Waals surface area contributed by atoms with Crippen molar-refractivity contribution >= 4 is 19.8 Å². The van der Waals surface area contributed by atoms with Gasteiger partial charge in [-0.2, -0.15) is 0 Å². The van der Waals surface area contributed by atoms with E-state index >= 15 is 0 Å². The normalized spacial score (nSPS) is 13.6. The molecule has 0 heterocycles. The summed E-state index contributed by atoms with van der Waals surface area (Å²) in [6.07, 6.45) is 106. The summed E-state index contributed by atoms with van der Waals surface area (Å²) in [7, 11) is 1.15. The monoisotopic (exact) mass is 1350 g/mol. The Hall–Kier alpha value is -3.33. The van der Waals surface area contributed by atoms with Gasteiger partial charge in [0.1, 0.15) is 19.8 Å². The van der Waals surface area contributed by atoms with Crippen molar-refractivity contribution in [3.8, 4) is 0 Å². The molecule has 0 N–H and O–H groups in total. The minimum atomic E-state index is -4.66. The Morgan fingerprint density at radius 3 is 0.895 bits per heavy atom. The number of quaternary nitrogens is 1. The van der Waals surface area contributed by atoms with Crippen molar-refractivity contribution in [3.05, 3.63) is 109 Å². The lowest BCUT2D eigenvalue weighted by molar-refractivity contribution is -0.870. The lowest BCUT2D eigenvalue weighted by atomic mass is 10.0. The number of hydrogen-bond acceptors (Lipinski definition) is 8. The van der Waals surface area contributed by atoms with Gasteiger partial charge in [0.15, 0.2) is 6.10 Å². The van der Waals surface area contributed by atoms with Crippen molar-refractivity contribution in [2.45, 2.75) is 373 Å². The van der Waals surface area contributed by atoms with Gasteiger partial charge in [-0.05, 0) is 83.5 Å². The molecular formula is C85H152NO8P. The highest BCUT2D eigenvalue weighted by atomic mass is 31.2. The van der Waals surface area contributed by atoms with E-state index in [1.807, 2.05) is 21.1 Å². The Kier molecular flexibility index (Phi) is 72.3. The van der Waals surface area contributed by atoms with Crippen LogP contribution in [0.1, 0.15) is 367 Å². The smallest absolute Gasteiger partial charge is 0.306 e. The number of unbranched alkanes of at least 4 members (excludes halogenated alkanes) is 42. The van der Waals surface area contributed by atoms with Crippen LogP contribution in [-0.2, 0) is 32.7 Å². The molecule has 0 aromatic rings. The zero-order valence-electron chi connectivity index (χ0n) is 62.8. The molecule has 10 heteroatoms. The molecule has 0 aliphatic carbocycles. The first-order chi connectivity index (χ1) is 46.5. The van der Waals surface area contributed by atoms with Crippen molar-refractivity contribution < 1.29 is 42.1 Å². The molecular weight excluding hydrogens is 1190 g/mol. The number of nitrogens with zero attached hydrogens (tertiary/aromatic N) is 1. The number of esters is 2. The van der Waals surface area contributed by atoms with Gasteiger partial charge in [-0.25, -0.2) is 0 Å². The number of carbonyl (C=O) groups is 2. The van der Waals surface area contributed by atoms with Crippen LogP contribution in [0, 0.1) is 0 Å². The summed E-state index contributed by atoms with van der Waals surface area (Å²) in [5.74, 6) is -0.848. The number of carbonyl (C=O) groups excluding carboxylic acids is 2. The van der Waals surface area contributed by atoms with Crippen molar-refractivity contribution in [2.75, 3.05) is 47.5 Å². The fourth-order valence-corrected chi connectivity index (χ4v) is 12.2. The largest absolute Gasteiger partial charge is 0.756 e. The number of hydrogen-bond donors (Lipinski definition) is 0. The first-order valence-electron chi connectivity index (χ1n) is 40.1. The van der Waals surface area contributed by atoms with Crippen molar-refractivity contribution in [3.63, 3.8) is 0 Å². The molecule has 0 radical (unpaired) electrons. The minimum absolute atomic E-state index is 0.0388. The van der Waals surface area contributed by atoms with Gasteiger partial charge in [0, 0.05) is 12.8 Å². The van der Waals surface area contributed by atoms with Crippen LogP contribution in [0.25, 0.3) is 0 Å². The fraction of sp³-hybridized carbons (Fsp3) is 0.765. The molecule has 0 spiro atoms. The maximum atomic E-state index is 12.9. The number of phosphoric ester groups is 1. The summed E-state index contributed by atoms with van der Waals surface area (Å²) in [6.45, 7) is 4.14. The summed E-state index contributed by atoms with van der Waals surface area (Å²) >= 11 is 0. The molecule has 0 fully saturated rings. The van der Waals surface area contributed by atoms with E-state index in [2.05, 4.69) is 123 Å². The van der Waals surface area contributed by atoms with E-state index in [9.17, 15) is 19.0 Å². The van der Waals surface area contributed by atoms with Gasteiger partial charge in [0.2, 0.25) is 0 Å². The van der Waals surface area contributed by atoms with Gasteiger partial charge >= 0.3 is 11.9 Å². The molecule has 2 unspecified atom stereocenters. The van der Waals surface area contributed by atoms with Gasteiger partial charge in [0.05, 0.1) is 27.7 Å². The third kappa shape index (κ3) is 79.5. The van der Waals surface area contributed by atoms with Gasteiger partial charge in [-0.3, -0.25) is 14.2 Å². The Balaban J connectivity index is 4.00. The second kappa shape index (κ2) is 74.9.